The Morgan fingerprint density at radius 2 is 1.41 bits per heavy atom. The molecule has 0 saturated carbocycles. The Bertz CT molecular complexity index is 1280. The SMILES string of the molecule is CCOc1cc2c(cc1OCC)[C@H](c1cc(OC)c(OC)c(OC)c1)N(c1ccc(C)c(C)c1)C(=O)C2. The number of benzene rings is 3. The normalized spacial score (nSPS) is 14.7. The van der Waals surface area contributed by atoms with Gasteiger partial charge in [-0.2, -0.15) is 0 Å². The molecule has 37 heavy (non-hydrogen) atoms. The van der Waals surface area contributed by atoms with Gasteiger partial charge in [0.1, 0.15) is 0 Å². The largest absolute Gasteiger partial charge is 0.493 e. The third-order valence-electron chi connectivity index (χ3n) is 6.74. The van der Waals surface area contributed by atoms with Crippen LogP contribution in [0.5, 0.6) is 28.7 Å². The van der Waals surface area contributed by atoms with Crippen molar-refractivity contribution in [2.24, 2.45) is 0 Å². The first-order valence-electron chi connectivity index (χ1n) is 12.5. The van der Waals surface area contributed by atoms with Crippen molar-refractivity contribution in [2.45, 2.75) is 40.2 Å². The van der Waals surface area contributed by atoms with E-state index in [2.05, 4.69) is 19.9 Å². The summed E-state index contributed by atoms with van der Waals surface area (Å²) in [5.41, 5.74) is 5.78. The maximum Gasteiger partial charge on any atom is 0.232 e. The summed E-state index contributed by atoms with van der Waals surface area (Å²) in [6, 6.07) is 13.4. The summed E-state index contributed by atoms with van der Waals surface area (Å²) in [5.74, 6) is 2.81. The van der Waals surface area contributed by atoms with Crippen molar-refractivity contribution >= 4 is 11.6 Å². The minimum Gasteiger partial charge on any atom is -0.493 e. The van der Waals surface area contributed by atoms with E-state index in [1.54, 1.807) is 21.3 Å². The highest BCUT2D eigenvalue weighted by Gasteiger charge is 2.37. The van der Waals surface area contributed by atoms with Gasteiger partial charge in [-0.15, -0.1) is 0 Å². The molecular weight excluding hydrogens is 470 g/mol. The Hall–Kier alpha value is -3.87. The van der Waals surface area contributed by atoms with Crippen LogP contribution in [-0.2, 0) is 11.2 Å². The van der Waals surface area contributed by atoms with E-state index >= 15 is 0 Å². The molecule has 7 nitrogen and oxygen atoms in total. The molecule has 0 N–H and O–H groups in total. The fourth-order valence-corrected chi connectivity index (χ4v) is 4.85. The average Bonchev–Trinajstić information content (AvgIpc) is 2.89. The molecule has 1 heterocycles. The molecular formula is C30H35NO6. The number of methoxy groups -OCH3 is 3. The number of hydrogen-bond donors (Lipinski definition) is 0. The third kappa shape index (κ3) is 4.90. The van der Waals surface area contributed by atoms with Gasteiger partial charge >= 0.3 is 0 Å². The number of ether oxygens (including phenoxy) is 5. The number of rotatable bonds is 9. The summed E-state index contributed by atoms with van der Waals surface area (Å²) in [4.78, 5) is 15.7. The van der Waals surface area contributed by atoms with E-state index < -0.39 is 6.04 Å². The second-order valence-electron chi connectivity index (χ2n) is 8.93. The molecule has 1 atom stereocenters. The van der Waals surface area contributed by atoms with Crippen molar-refractivity contribution in [3.05, 3.63) is 70.3 Å². The monoisotopic (exact) mass is 505 g/mol. The van der Waals surface area contributed by atoms with Gasteiger partial charge in [0.2, 0.25) is 11.7 Å². The van der Waals surface area contributed by atoms with E-state index in [1.807, 2.05) is 55.1 Å². The second-order valence-corrected chi connectivity index (χ2v) is 8.93. The minimum absolute atomic E-state index is 0.0129. The highest BCUT2D eigenvalue weighted by molar-refractivity contribution is 5.98. The molecule has 3 aromatic rings. The number of anilines is 1. The topological polar surface area (TPSA) is 66.5 Å². The Morgan fingerprint density at radius 1 is 0.784 bits per heavy atom. The number of aryl methyl sites for hydroxylation is 2. The molecule has 0 aliphatic carbocycles. The molecule has 0 radical (unpaired) electrons. The molecule has 196 valence electrons. The van der Waals surface area contributed by atoms with Crippen LogP contribution in [0, 0.1) is 13.8 Å². The van der Waals surface area contributed by atoms with Gasteiger partial charge in [0.05, 0.1) is 47.0 Å². The van der Waals surface area contributed by atoms with E-state index in [-0.39, 0.29) is 12.3 Å². The molecule has 4 rings (SSSR count). The standard InChI is InChI=1S/C30H35NO6/c1-8-36-24-13-20-16-28(32)31(22-11-10-18(3)19(4)12-22)29(23(20)17-25(24)37-9-2)21-14-26(33-5)30(35-7)27(15-21)34-6/h10-15,17,29H,8-9,16H2,1-7H3/t29-/m0/s1. The molecule has 7 heteroatoms. The van der Waals surface area contributed by atoms with Gasteiger partial charge in [-0.3, -0.25) is 4.79 Å². The first kappa shape index (κ1) is 26.2. The van der Waals surface area contributed by atoms with Crippen molar-refractivity contribution in [2.75, 3.05) is 39.4 Å². The van der Waals surface area contributed by atoms with Crippen LogP contribution in [0.2, 0.25) is 0 Å². The van der Waals surface area contributed by atoms with Crippen molar-refractivity contribution in [3.63, 3.8) is 0 Å². The second kappa shape index (κ2) is 11.0. The van der Waals surface area contributed by atoms with Crippen LogP contribution >= 0.6 is 0 Å². The number of carbonyl (C=O) groups is 1. The molecule has 0 saturated heterocycles. The summed E-state index contributed by atoms with van der Waals surface area (Å²) in [5, 5.41) is 0. The van der Waals surface area contributed by atoms with E-state index in [4.69, 9.17) is 23.7 Å². The number of hydrogen-bond acceptors (Lipinski definition) is 6. The van der Waals surface area contributed by atoms with Crippen LogP contribution in [0.25, 0.3) is 0 Å². The average molecular weight is 506 g/mol. The predicted molar refractivity (Wildman–Crippen MR) is 144 cm³/mol. The van der Waals surface area contributed by atoms with E-state index in [0.717, 1.165) is 33.5 Å². The first-order chi connectivity index (χ1) is 17.9. The van der Waals surface area contributed by atoms with Gasteiger partial charge in [-0.25, -0.2) is 0 Å². The van der Waals surface area contributed by atoms with Gasteiger partial charge in [-0.05, 0) is 91.9 Å². The molecule has 0 aromatic heterocycles. The smallest absolute Gasteiger partial charge is 0.232 e. The van der Waals surface area contributed by atoms with Crippen molar-refractivity contribution < 1.29 is 28.5 Å². The van der Waals surface area contributed by atoms with Gasteiger partial charge in [-0.1, -0.05) is 6.07 Å². The molecule has 0 fully saturated rings. The van der Waals surface area contributed by atoms with Gasteiger partial charge < -0.3 is 28.6 Å². The summed E-state index contributed by atoms with van der Waals surface area (Å²) in [6.45, 7) is 8.98. The highest BCUT2D eigenvalue weighted by atomic mass is 16.5. The Labute approximate surface area is 218 Å². The molecule has 1 amide bonds. The number of carbonyl (C=O) groups excluding carboxylic acids is 1. The fraction of sp³-hybridized carbons (Fsp3) is 0.367. The van der Waals surface area contributed by atoms with Crippen LogP contribution in [0.1, 0.15) is 47.7 Å². The number of amides is 1. The van der Waals surface area contributed by atoms with Gasteiger partial charge in [0.15, 0.2) is 23.0 Å². The quantitative estimate of drug-likeness (QED) is 0.366. The Kier molecular flexibility index (Phi) is 7.81. The molecule has 0 unspecified atom stereocenters. The van der Waals surface area contributed by atoms with Crippen molar-refractivity contribution in [1.29, 1.82) is 0 Å². The van der Waals surface area contributed by atoms with Crippen LogP contribution in [0.3, 0.4) is 0 Å². The van der Waals surface area contributed by atoms with Crippen molar-refractivity contribution in [1.82, 2.24) is 0 Å². The zero-order chi connectivity index (χ0) is 26.7. The first-order valence-corrected chi connectivity index (χ1v) is 12.5. The molecule has 0 spiro atoms. The fourth-order valence-electron chi connectivity index (χ4n) is 4.85. The lowest BCUT2D eigenvalue weighted by molar-refractivity contribution is -0.118. The zero-order valence-electron chi connectivity index (χ0n) is 22.6. The highest BCUT2D eigenvalue weighted by Crippen LogP contribution is 2.47. The van der Waals surface area contributed by atoms with E-state index in [1.165, 1.54) is 0 Å². The lowest BCUT2D eigenvalue weighted by Gasteiger charge is -2.38. The maximum absolute atomic E-state index is 13.8. The van der Waals surface area contributed by atoms with Gasteiger partial charge in [0.25, 0.3) is 0 Å². The van der Waals surface area contributed by atoms with E-state index in [9.17, 15) is 4.79 Å². The number of nitrogens with zero attached hydrogens (tertiary/aromatic N) is 1. The van der Waals surface area contributed by atoms with E-state index in [0.29, 0.717) is 42.0 Å². The zero-order valence-corrected chi connectivity index (χ0v) is 22.6. The summed E-state index contributed by atoms with van der Waals surface area (Å²) >= 11 is 0. The lowest BCUT2D eigenvalue weighted by Crippen LogP contribution is -2.41. The van der Waals surface area contributed by atoms with Crippen molar-refractivity contribution in [3.8, 4) is 28.7 Å². The molecule has 3 aromatic carbocycles. The Morgan fingerprint density at radius 3 is 1.95 bits per heavy atom. The third-order valence-corrected chi connectivity index (χ3v) is 6.74. The van der Waals surface area contributed by atoms with Crippen LogP contribution in [-0.4, -0.2) is 40.5 Å². The summed E-state index contributed by atoms with van der Waals surface area (Å²) in [7, 11) is 4.75. The van der Waals surface area contributed by atoms with Crippen LogP contribution in [0.15, 0.2) is 42.5 Å². The maximum atomic E-state index is 13.8. The van der Waals surface area contributed by atoms with Gasteiger partial charge in [0, 0.05) is 5.69 Å². The van der Waals surface area contributed by atoms with Crippen LogP contribution < -0.4 is 28.6 Å². The molecule has 0 bridgehead atoms. The molecule has 1 aliphatic rings. The molecule has 1 aliphatic heterocycles. The predicted octanol–water partition coefficient (Wildman–Crippen LogP) is 5.81. The summed E-state index contributed by atoms with van der Waals surface area (Å²) in [6.07, 6.45) is 0.246. The minimum atomic E-state index is -0.457. The van der Waals surface area contributed by atoms with Crippen LogP contribution in [0.4, 0.5) is 5.69 Å². The Balaban J connectivity index is 2.01. The lowest BCUT2D eigenvalue weighted by atomic mass is 9.86. The number of fused-ring (bicyclic) bond motifs is 1. The summed E-state index contributed by atoms with van der Waals surface area (Å²) < 4.78 is 28.7.